The van der Waals surface area contributed by atoms with Gasteiger partial charge in [-0.15, -0.1) is 0 Å². The summed E-state index contributed by atoms with van der Waals surface area (Å²) in [4.78, 5) is 12.0. The summed E-state index contributed by atoms with van der Waals surface area (Å²) in [6.45, 7) is 4.32. The Morgan fingerprint density at radius 3 is 2.54 bits per heavy atom. The van der Waals surface area contributed by atoms with E-state index in [2.05, 4.69) is 10.6 Å². The number of amides is 2. The Hall–Kier alpha value is -2.31. The number of hydrogen-bond acceptors (Lipinski definition) is 4. The molecule has 3 N–H and O–H groups in total. The summed E-state index contributed by atoms with van der Waals surface area (Å²) in [6, 6.07) is 10.9. The lowest BCUT2D eigenvalue weighted by Crippen LogP contribution is -2.43. The van der Waals surface area contributed by atoms with Crippen molar-refractivity contribution in [1.29, 1.82) is 0 Å². The average Bonchev–Trinajstić information content (AvgIpc) is 3.00. The van der Waals surface area contributed by atoms with Crippen LogP contribution in [0.5, 0.6) is 0 Å². The van der Waals surface area contributed by atoms with Crippen LogP contribution in [0.2, 0.25) is 0 Å². The average molecular weight is 332 g/mol. The van der Waals surface area contributed by atoms with Crippen molar-refractivity contribution >= 4 is 6.03 Å². The molecule has 1 heterocycles. The van der Waals surface area contributed by atoms with Crippen molar-refractivity contribution in [3.63, 3.8) is 0 Å². The summed E-state index contributed by atoms with van der Waals surface area (Å²) in [7, 11) is 1.63. The Bertz CT molecular complexity index is 679. The molecule has 6 heteroatoms. The topological polar surface area (TPSA) is 83.7 Å². The highest BCUT2D eigenvalue weighted by molar-refractivity contribution is 5.74. The van der Waals surface area contributed by atoms with Crippen molar-refractivity contribution in [3.05, 3.63) is 59.0 Å². The Balaban J connectivity index is 1.86. The van der Waals surface area contributed by atoms with E-state index in [4.69, 9.17) is 9.15 Å². The van der Waals surface area contributed by atoms with Crippen molar-refractivity contribution in [3.8, 4) is 0 Å². The fourth-order valence-electron chi connectivity index (χ4n) is 2.33. The van der Waals surface area contributed by atoms with Gasteiger partial charge < -0.3 is 24.9 Å². The highest BCUT2D eigenvalue weighted by Crippen LogP contribution is 2.21. The van der Waals surface area contributed by atoms with Crippen LogP contribution in [0.4, 0.5) is 4.79 Å². The van der Waals surface area contributed by atoms with Crippen molar-refractivity contribution in [2.45, 2.75) is 32.6 Å². The number of aryl methyl sites for hydroxylation is 1. The molecule has 2 amide bonds. The van der Waals surface area contributed by atoms with Crippen molar-refractivity contribution in [2.24, 2.45) is 0 Å². The SMILES string of the molecule is COCc1ccccc1CNC(=O)NCC(C)(O)c1ccc(C)o1. The third kappa shape index (κ3) is 4.84. The highest BCUT2D eigenvalue weighted by Gasteiger charge is 2.27. The second-order valence-electron chi connectivity index (χ2n) is 5.92. The zero-order valence-electron chi connectivity index (χ0n) is 14.3. The first-order chi connectivity index (χ1) is 11.4. The summed E-state index contributed by atoms with van der Waals surface area (Å²) in [5.41, 5.74) is 0.751. The second-order valence-corrected chi connectivity index (χ2v) is 5.92. The first kappa shape index (κ1) is 18.0. The van der Waals surface area contributed by atoms with Crippen molar-refractivity contribution in [1.82, 2.24) is 10.6 Å². The number of carbonyl (C=O) groups excluding carboxylic acids is 1. The number of nitrogens with one attached hydrogen (secondary N) is 2. The van der Waals surface area contributed by atoms with Crippen LogP contribution in [-0.2, 0) is 23.5 Å². The molecule has 0 aliphatic carbocycles. The molecule has 0 bridgehead atoms. The number of carbonyl (C=O) groups is 1. The number of ether oxygens (including phenoxy) is 1. The predicted octanol–water partition coefficient (Wildman–Crippen LogP) is 2.44. The normalized spacial score (nSPS) is 13.3. The zero-order chi connectivity index (χ0) is 17.6. The lowest BCUT2D eigenvalue weighted by atomic mass is 10.0. The van der Waals surface area contributed by atoms with Gasteiger partial charge in [0, 0.05) is 13.7 Å². The molecule has 0 aliphatic heterocycles. The fraction of sp³-hybridized carbons (Fsp3) is 0.389. The Kier molecular flexibility index (Phi) is 6.00. The minimum Gasteiger partial charge on any atom is -0.463 e. The summed E-state index contributed by atoms with van der Waals surface area (Å²) in [5, 5.41) is 15.8. The van der Waals surface area contributed by atoms with E-state index < -0.39 is 5.60 Å². The monoisotopic (exact) mass is 332 g/mol. The van der Waals surface area contributed by atoms with Crippen molar-refractivity contribution < 1.29 is 19.1 Å². The molecule has 2 aromatic rings. The molecule has 130 valence electrons. The van der Waals surface area contributed by atoms with Gasteiger partial charge in [-0.05, 0) is 37.1 Å². The van der Waals surface area contributed by atoms with E-state index in [1.165, 1.54) is 0 Å². The number of benzene rings is 1. The van der Waals surface area contributed by atoms with Gasteiger partial charge in [0.25, 0.3) is 0 Å². The molecule has 0 aliphatic rings. The fourth-order valence-corrected chi connectivity index (χ4v) is 2.33. The van der Waals surface area contributed by atoms with Gasteiger partial charge in [0.2, 0.25) is 0 Å². The molecule has 6 nitrogen and oxygen atoms in total. The number of methoxy groups -OCH3 is 1. The summed E-state index contributed by atoms with van der Waals surface area (Å²) in [5.74, 6) is 1.13. The molecule has 2 rings (SSSR count). The third-order valence-corrected chi connectivity index (χ3v) is 3.72. The van der Waals surface area contributed by atoms with Crippen LogP contribution < -0.4 is 10.6 Å². The molecule has 1 aromatic heterocycles. The molecule has 0 radical (unpaired) electrons. The predicted molar refractivity (Wildman–Crippen MR) is 90.4 cm³/mol. The van der Waals surface area contributed by atoms with Gasteiger partial charge >= 0.3 is 6.03 Å². The maximum atomic E-state index is 12.0. The number of urea groups is 1. The van der Waals surface area contributed by atoms with Crippen LogP contribution in [0, 0.1) is 6.92 Å². The smallest absolute Gasteiger partial charge is 0.315 e. The molecule has 24 heavy (non-hydrogen) atoms. The molecule has 0 fully saturated rings. The van der Waals surface area contributed by atoms with E-state index in [1.807, 2.05) is 24.3 Å². The first-order valence-electron chi connectivity index (χ1n) is 7.79. The van der Waals surface area contributed by atoms with Crippen LogP contribution in [0.15, 0.2) is 40.8 Å². The van der Waals surface area contributed by atoms with Gasteiger partial charge in [-0.2, -0.15) is 0 Å². The van der Waals surface area contributed by atoms with Gasteiger partial charge in [-0.3, -0.25) is 0 Å². The zero-order valence-corrected chi connectivity index (χ0v) is 14.3. The minimum absolute atomic E-state index is 0.0471. The van der Waals surface area contributed by atoms with E-state index >= 15 is 0 Å². The quantitative estimate of drug-likeness (QED) is 0.727. The van der Waals surface area contributed by atoms with Gasteiger partial charge in [0.05, 0.1) is 13.2 Å². The molecular formula is C18H24N2O4. The Morgan fingerprint density at radius 2 is 1.92 bits per heavy atom. The van der Waals surface area contributed by atoms with E-state index in [0.717, 1.165) is 11.1 Å². The minimum atomic E-state index is -1.26. The van der Waals surface area contributed by atoms with E-state index in [-0.39, 0.29) is 12.6 Å². The van der Waals surface area contributed by atoms with Gasteiger partial charge in [0.15, 0.2) is 0 Å². The molecule has 1 unspecified atom stereocenters. The summed E-state index contributed by atoms with van der Waals surface area (Å²) >= 11 is 0. The number of furan rings is 1. The molecular weight excluding hydrogens is 308 g/mol. The highest BCUT2D eigenvalue weighted by atomic mass is 16.5. The van der Waals surface area contributed by atoms with E-state index in [0.29, 0.717) is 24.7 Å². The van der Waals surface area contributed by atoms with Crippen molar-refractivity contribution in [2.75, 3.05) is 13.7 Å². The molecule has 0 spiro atoms. The summed E-state index contributed by atoms with van der Waals surface area (Å²) in [6.07, 6.45) is 0. The van der Waals surface area contributed by atoms with Gasteiger partial charge in [-0.1, -0.05) is 24.3 Å². The standard InChI is InChI=1S/C18H24N2O4/c1-13-8-9-16(24-13)18(2,22)12-20-17(21)19-10-14-6-4-5-7-15(14)11-23-3/h4-9,22H,10-12H2,1-3H3,(H2,19,20,21). The van der Waals surface area contributed by atoms with Crippen LogP contribution in [0.3, 0.4) is 0 Å². The maximum absolute atomic E-state index is 12.0. The molecule has 0 saturated heterocycles. The third-order valence-electron chi connectivity index (χ3n) is 3.72. The van der Waals surface area contributed by atoms with E-state index in [1.54, 1.807) is 33.1 Å². The lowest BCUT2D eigenvalue weighted by molar-refractivity contribution is 0.0359. The number of hydrogen-bond donors (Lipinski definition) is 3. The number of aliphatic hydroxyl groups is 1. The van der Waals surface area contributed by atoms with E-state index in [9.17, 15) is 9.90 Å². The van der Waals surface area contributed by atoms with Gasteiger partial charge in [0.1, 0.15) is 17.1 Å². The molecule has 0 saturated carbocycles. The molecule has 1 aromatic carbocycles. The van der Waals surface area contributed by atoms with Crippen LogP contribution in [0.25, 0.3) is 0 Å². The Labute approximate surface area is 141 Å². The summed E-state index contributed by atoms with van der Waals surface area (Å²) < 4.78 is 10.6. The van der Waals surface area contributed by atoms with Crippen LogP contribution in [0.1, 0.15) is 29.6 Å². The molecule has 1 atom stereocenters. The van der Waals surface area contributed by atoms with Crippen LogP contribution in [-0.4, -0.2) is 24.8 Å². The number of rotatable bonds is 7. The Morgan fingerprint density at radius 1 is 1.21 bits per heavy atom. The maximum Gasteiger partial charge on any atom is 0.315 e. The largest absolute Gasteiger partial charge is 0.463 e. The van der Waals surface area contributed by atoms with Crippen LogP contribution >= 0.6 is 0 Å². The first-order valence-corrected chi connectivity index (χ1v) is 7.79. The van der Waals surface area contributed by atoms with Gasteiger partial charge in [-0.25, -0.2) is 4.79 Å². The lowest BCUT2D eigenvalue weighted by Gasteiger charge is -2.21. The second kappa shape index (κ2) is 7.99.